The lowest BCUT2D eigenvalue weighted by Gasteiger charge is -2.29. The number of hydrogen-bond acceptors (Lipinski definition) is 29. The molecule has 114 heavy (non-hydrogen) atoms. The predicted octanol–water partition coefficient (Wildman–Crippen LogP) is 5.26. The van der Waals surface area contributed by atoms with Crippen molar-refractivity contribution in [2.24, 2.45) is 17.8 Å². The average molecular weight is 1630 g/mol. The van der Waals surface area contributed by atoms with Gasteiger partial charge in [-0.3, -0.25) is 59.0 Å². The second-order valence-electron chi connectivity index (χ2n) is 26.3. The van der Waals surface area contributed by atoms with Crippen molar-refractivity contribution >= 4 is 78.0 Å². The molecule has 5 aliphatic rings. The minimum Gasteiger partial charge on any atom is -0.480 e. The van der Waals surface area contributed by atoms with Crippen LogP contribution in [0.25, 0.3) is 0 Å². The maximum atomic E-state index is 12.3. The molecular formula is C79H123N8O26P. The largest absolute Gasteiger partial charge is 0.480 e. The van der Waals surface area contributed by atoms with E-state index in [2.05, 4.69) is 49.9 Å². The summed E-state index contributed by atoms with van der Waals surface area (Å²) in [6, 6.07) is 24.3. The SMILES string of the molecule is CCCCC.CN(C)C(=N)N(C)C.COC(=O)N[C@H](C(=O)CO)C1CCOCC1.COC(=O)N[C@H](C(=O)O)C1CCOCC1.COP(=O)(OC)C(NCC(=O)c1ccccc1)C(=O)CO.O=C(CN[C@H](C(=O)CO)C1CCOCC1)c1ccccc1.O=C(CO)C(NCC(=O)c1ccccc1)=C1CCOCC1.O=C1CCOCC1. The Morgan fingerprint density at radius 3 is 1.14 bits per heavy atom. The van der Waals surface area contributed by atoms with Crippen LogP contribution in [-0.2, 0) is 75.5 Å². The van der Waals surface area contributed by atoms with Crippen LogP contribution in [0.15, 0.2) is 102 Å². The van der Waals surface area contributed by atoms with Crippen molar-refractivity contribution < 1.29 is 125 Å². The van der Waals surface area contributed by atoms with Crippen LogP contribution in [0.1, 0.15) is 128 Å². The first-order valence-corrected chi connectivity index (χ1v) is 39.4. The Kier molecular flexibility index (Phi) is 56.3. The number of guanidine groups is 1. The number of aliphatic hydroxyl groups is 4. The summed E-state index contributed by atoms with van der Waals surface area (Å²) in [5.74, 6) is -3.79. The molecule has 640 valence electrons. The molecule has 5 saturated heterocycles. The van der Waals surface area contributed by atoms with E-state index in [1.165, 1.54) is 33.5 Å². The van der Waals surface area contributed by atoms with Gasteiger partial charge in [0.05, 0.1) is 78.1 Å². The van der Waals surface area contributed by atoms with E-state index in [1.807, 2.05) is 52.5 Å². The number of nitrogens with one attached hydrogen (secondary N) is 6. The first-order valence-electron chi connectivity index (χ1n) is 37.8. The lowest BCUT2D eigenvalue weighted by molar-refractivity contribution is -0.142. The maximum absolute atomic E-state index is 12.3. The highest BCUT2D eigenvalue weighted by Crippen LogP contribution is 2.50. The van der Waals surface area contributed by atoms with Crippen molar-refractivity contribution in [3.63, 3.8) is 0 Å². The number of amides is 2. The molecule has 5 heterocycles. The Bertz CT molecular complexity index is 3360. The van der Waals surface area contributed by atoms with Gasteiger partial charge < -0.3 is 93.5 Å². The molecule has 0 aromatic heterocycles. The third-order valence-corrected chi connectivity index (χ3v) is 19.9. The van der Waals surface area contributed by atoms with Gasteiger partial charge in [-0.1, -0.05) is 124 Å². The van der Waals surface area contributed by atoms with Crippen molar-refractivity contribution in [3.05, 3.63) is 119 Å². The van der Waals surface area contributed by atoms with Crippen molar-refractivity contribution in [3.8, 4) is 0 Å². The highest BCUT2D eigenvalue weighted by atomic mass is 31.2. The van der Waals surface area contributed by atoms with E-state index < -0.39 is 87.7 Å². The Labute approximate surface area is 668 Å². The van der Waals surface area contributed by atoms with E-state index in [4.69, 9.17) is 63.7 Å². The Morgan fingerprint density at radius 1 is 0.482 bits per heavy atom. The zero-order chi connectivity index (χ0) is 85.2. The van der Waals surface area contributed by atoms with E-state index in [-0.39, 0.29) is 66.3 Å². The van der Waals surface area contributed by atoms with Gasteiger partial charge in [0.2, 0.25) is 5.78 Å². The van der Waals surface area contributed by atoms with Crippen LogP contribution in [-0.4, -0.2) is 298 Å². The van der Waals surface area contributed by atoms with Gasteiger partial charge in [-0.2, -0.15) is 0 Å². The molecule has 8 rings (SSSR count). The monoisotopic (exact) mass is 1630 g/mol. The summed E-state index contributed by atoms with van der Waals surface area (Å²) in [5, 5.41) is 65.4. The normalized spacial score (nSPS) is 15.8. The topological polar surface area (TPSA) is 480 Å². The van der Waals surface area contributed by atoms with Gasteiger partial charge in [0.25, 0.3) is 0 Å². The number of aliphatic carboxylic acids is 1. The molecule has 0 aliphatic carbocycles. The number of carbonyl (C=O) groups is 11. The van der Waals surface area contributed by atoms with E-state index >= 15 is 0 Å². The first kappa shape index (κ1) is 104. The van der Waals surface area contributed by atoms with Gasteiger partial charge in [-0.15, -0.1) is 0 Å². The van der Waals surface area contributed by atoms with Crippen molar-refractivity contribution in [1.29, 1.82) is 5.41 Å². The number of Topliss-reactive ketones (excluding diaryl/α,β-unsaturated/α-hetero) is 8. The molecule has 0 bridgehead atoms. The Hall–Kier alpha value is -8.45. The number of carbonyl (C=O) groups excluding carboxylic acids is 10. The van der Waals surface area contributed by atoms with Crippen LogP contribution >= 0.6 is 7.60 Å². The summed E-state index contributed by atoms with van der Waals surface area (Å²) in [4.78, 5) is 130. The zero-order valence-corrected chi connectivity index (χ0v) is 68.5. The summed E-state index contributed by atoms with van der Waals surface area (Å²) in [7, 11) is 8.31. The molecule has 1 unspecified atom stereocenters. The second kappa shape index (κ2) is 61.9. The second-order valence-corrected chi connectivity index (χ2v) is 28.7. The molecule has 5 aliphatic heterocycles. The summed E-state index contributed by atoms with van der Waals surface area (Å²) in [5.41, 5.74) is 2.95. The minimum atomic E-state index is -3.78. The highest BCUT2D eigenvalue weighted by Gasteiger charge is 2.40. The molecule has 3 aromatic carbocycles. The van der Waals surface area contributed by atoms with Crippen LogP contribution in [0.4, 0.5) is 9.59 Å². The molecule has 11 N–H and O–H groups in total. The third kappa shape index (κ3) is 42.2. The predicted molar refractivity (Wildman–Crippen MR) is 423 cm³/mol. The van der Waals surface area contributed by atoms with Gasteiger partial charge in [-0.05, 0) is 74.7 Å². The summed E-state index contributed by atoms with van der Waals surface area (Å²) in [6.07, 6.45) is 9.45. The molecule has 0 saturated carbocycles. The number of carboxylic acid groups (broad SMARTS) is 1. The van der Waals surface area contributed by atoms with Gasteiger partial charge in [-0.25, -0.2) is 14.4 Å². The Morgan fingerprint density at radius 2 is 0.825 bits per heavy atom. The lowest BCUT2D eigenvalue weighted by Crippen LogP contribution is -2.48. The number of ether oxygens (including phenoxy) is 7. The fourth-order valence-electron chi connectivity index (χ4n) is 11.3. The standard InChI is InChI=1S/C16H21NO4.C16H19NO4.C13H18NO6P.C10H17NO5.C9H15NO5.C5H13N3.C5H8O2.C5H12/c2*18-11-15(20)16(13-6-8-21-9-7-13)17-10-14(19)12-4-2-1-3-5-12;1-19-21(18,20-2)13(12(17)9-15)14-8-11(16)10-6-4-3-5-7-10;1-15-10(14)11-9(8(13)6-12)7-2-4-16-5-3-7;1-14-9(13)10-7(8(11)12)6-2-4-15-5-3-6;1-7(2)5(6)8(3)4;6-5-1-3-7-4-2-5;1-3-5-4-2/h1-5,13,16-18H,6-11H2;1-5,17-18H,6-11H2;3-7,13-15H,8-9H2,1-2H3;7,9,12H,2-6H2,1H3,(H,11,14);6-7H,2-5H2,1H3,(H,10,13)(H,11,12);6H,1-4H3;1-4H2;3-5H2,1-2H3/t16-;;;9-;7-;;;/m0..00.../s1. The van der Waals surface area contributed by atoms with Gasteiger partial charge in [0.1, 0.15) is 38.3 Å². The summed E-state index contributed by atoms with van der Waals surface area (Å²) in [6.45, 7) is 7.69. The van der Waals surface area contributed by atoms with Gasteiger partial charge in [0, 0.05) is 112 Å². The van der Waals surface area contributed by atoms with Gasteiger partial charge >= 0.3 is 25.8 Å². The number of rotatable bonds is 31. The number of alkyl carbamates (subject to hydrolysis) is 2. The molecule has 2 amide bonds. The smallest absolute Gasteiger partial charge is 0.407 e. The van der Waals surface area contributed by atoms with Crippen LogP contribution in [0.3, 0.4) is 0 Å². The highest BCUT2D eigenvalue weighted by molar-refractivity contribution is 7.55. The quantitative estimate of drug-likeness (QED) is 0.0129. The number of benzene rings is 3. The fourth-order valence-corrected chi connectivity index (χ4v) is 12.7. The number of aliphatic hydroxyl groups excluding tert-OH is 4. The average Bonchev–Trinajstić information content (AvgIpc) is 0.834. The lowest BCUT2D eigenvalue weighted by atomic mass is 9.89. The van der Waals surface area contributed by atoms with Crippen molar-refractivity contribution in [1.82, 2.24) is 36.4 Å². The van der Waals surface area contributed by atoms with Crippen LogP contribution in [0.5, 0.6) is 0 Å². The number of unbranched alkanes of at least 4 members (excludes halogenated alkanes) is 2. The number of hydrogen-bond donors (Lipinski definition) is 11. The molecule has 3 aromatic rings. The summed E-state index contributed by atoms with van der Waals surface area (Å²) < 4.78 is 56.3. The van der Waals surface area contributed by atoms with Crippen LogP contribution < -0.4 is 26.6 Å². The van der Waals surface area contributed by atoms with E-state index in [9.17, 15) is 57.3 Å². The number of methoxy groups -OCH3 is 2. The van der Waals surface area contributed by atoms with Gasteiger partial charge in [0.15, 0.2) is 46.4 Å². The molecule has 34 nitrogen and oxygen atoms in total. The van der Waals surface area contributed by atoms with E-state index in [0.29, 0.717) is 152 Å². The number of nitrogens with zero attached hydrogens (tertiary/aromatic N) is 2. The molecule has 4 atom stereocenters. The van der Waals surface area contributed by atoms with E-state index in [1.54, 1.807) is 76.5 Å². The fraction of sp³-hybridized carbons (Fsp3) is 0.595. The van der Waals surface area contributed by atoms with Crippen LogP contribution in [0, 0.1) is 23.2 Å². The number of ketones is 8. The van der Waals surface area contributed by atoms with Crippen molar-refractivity contribution in [2.75, 3.05) is 169 Å². The molecule has 5 fully saturated rings. The summed E-state index contributed by atoms with van der Waals surface area (Å²) >= 11 is 0. The van der Waals surface area contributed by atoms with Crippen LogP contribution in [0.2, 0.25) is 0 Å². The molecule has 35 heteroatoms. The first-order chi connectivity index (χ1) is 54.6. The maximum Gasteiger partial charge on any atom is 0.407 e. The zero-order valence-electron chi connectivity index (χ0n) is 67.6. The number of carboxylic acids is 1. The van der Waals surface area contributed by atoms with Crippen molar-refractivity contribution in [2.45, 2.75) is 121 Å². The van der Waals surface area contributed by atoms with E-state index in [0.717, 1.165) is 32.6 Å². The molecule has 0 radical (unpaired) electrons. The molecule has 0 spiro atoms. The minimum absolute atomic E-state index is 0.00694. The molecular weight excluding hydrogens is 1510 g/mol. The third-order valence-electron chi connectivity index (χ3n) is 17.8. The Balaban J connectivity index is 0.000000674.